The van der Waals surface area contributed by atoms with E-state index in [9.17, 15) is 10.5 Å². The summed E-state index contributed by atoms with van der Waals surface area (Å²) in [6.07, 6.45) is 0. The van der Waals surface area contributed by atoms with Crippen LogP contribution >= 0.6 is 0 Å². The summed E-state index contributed by atoms with van der Waals surface area (Å²) in [6, 6.07) is 10.1. The van der Waals surface area contributed by atoms with Crippen molar-refractivity contribution in [2.75, 3.05) is 37.7 Å². The molecule has 0 aromatic heterocycles. The van der Waals surface area contributed by atoms with Gasteiger partial charge in [-0.15, -0.1) is 15.2 Å². The van der Waals surface area contributed by atoms with Crippen molar-refractivity contribution >= 4 is 22.7 Å². The second-order valence-electron chi connectivity index (χ2n) is 5.91. The van der Waals surface area contributed by atoms with Crippen LogP contribution in [0.5, 0.6) is 11.5 Å². The largest absolute Gasteiger partial charge is 0.494 e. The Hall–Kier alpha value is -3.86. The Balaban J connectivity index is 2.57. The minimum absolute atomic E-state index is 0.0723. The first-order valence-corrected chi connectivity index (χ1v) is 9.04. The van der Waals surface area contributed by atoms with Gasteiger partial charge in [0.05, 0.1) is 36.7 Å². The van der Waals surface area contributed by atoms with Crippen molar-refractivity contribution in [1.82, 2.24) is 0 Å². The molecule has 0 aliphatic heterocycles. The average Bonchev–Trinajstić information content (AvgIpc) is 2.78. The lowest BCUT2D eigenvalue weighted by atomic mass is 10.1. The third-order valence-electron chi connectivity index (χ3n) is 4.36. The van der Waals surface area contributed by atoms with Gasteiger partial charge in [-0.25, -0.2) is 10.7 Å². The van der Waals surface area contributed by atoms with Crippen LogP contribution in [-0.4, -0.2) is 32.6 Å². The molecule has 2 N–H and O–H groups in total. The van der Waals surface area contributed by atoms with Crippen molar-refractivity contribution in [3.63, 3.8) is 0 Å². The SMILES string of the molecule is CCN(CC)c1cc(OC)c(N=Nc2c(C#N)cc(NOO)cc2C#N)cc1OC. The van der Waals surface area contributed by atoms with E-state index in [2.05, 4.69) is 25.6 Å². The fourth-order valence-electron chi connectivity index (χ4n) is 2.88. The highest BCUT2D eigenvalue weighted by molar-refractivity contribution is 5.71. The summed E-state index contributed by atoms with van der Waals surface area (Å²) in [6.45, 7) is 5.64. The smallest absolute Gasteiger partial charge is 0.148 e. The number of nitriles is 2. The van der Waals surface area contributed by atoms with Crippen LogP contribution in [0.3, 0.4) is 0 Å². The van der Waals surface area contributed by atoms with Crippen LogP contribution in [0, 0.1) is 22.7 Å². The van der Waals surface area contributed by atoms with E-state index in [1.54, 1.807) is 13.2 Å². The number of hydrogen-bond donors (Lipinski definition) is 2. The maximum Gasteiger partial charge on any atom is 0.148 e. The van der Waals surface area contributed by atoms with Crippen molar-refractivity contribution < 1.29 is 19.7 Å². The van der Waals surface area contributed by atoms with Gasteiger partial charge in [0.25, 0.3) is 0 Å². The number of azo groups is 1. The summed E-state index contributed by atoms with van der Waals surface area (Å²) < 4.78 is 11.0. The van der Waals surface area contributed by atoms with E-state index >= 15 is 0 Å². The zero-order valence-corrected chi connectivity index (χ0v) is 17.1. The van der Waals surface area contributed by atoms with E-state index in [0.717, 1.165) is 18.8 Å². The van der Waals surface area contributed by atoms with Gasteiger partial charge in [-0.2, -0.15) is 10.5 Å². The zero-order valence-electron chi connectivity index (χ0n) is 17.1. The van der Waals surface area contributed by atoms with Gasteiger partial charge in [0.1, 0.15) is 35.0 Å². The summed E-state index contributed by atoms with van der Waals surface area (Å²) in [7, 11) is 3.08. The molecule has 10 heteroatoms. The minimum Gasteiger partial charge on any atom is -0.494 e. The van der Waals surface area contributed by atoms with Crippen LogP contribution in [0.2, 0.25) is 0 Å². The molecular weight excluding hydrogens is 388 g/mol. The zero-order chi connectivity index (χ0) is 22.1. The van der Waals surface area contributed by atoms with Gasteiger partial charge in [-0.05, 0) is 26.0 Å². The van der Waals surface area contributed by atoms with E-state index in [1.807, 2.05) is 32.1 Å². The molecular formula is C20H22N6O4. The maximum absolute atomic E-state index is 9.42. The summed E-state index contributed by atoms with van der Waals surface area (Å²) in [5, 5.41) is 35.7. The third kappa shape index (κ3) is 4.75. The molecule has 10 nitrogen and oxygen atoms in total. The highest BCUT2D eigenvalue weighted by Gasteiger charge is 2.16. The molecule has 0 bridgehead atoms. The average molecular weight is 410 g/mol. The number of nitrogens with zero attached hydrogens (tertiary/aromatic N) is 5. The third-order valence-corrected chi connectivity index (χ3v) is 4.36. The molecule has 0 heterocycles. The summed E-state index contributed by atoms with van der Waals surface area (Å²) in [5.41, 5.74) is 3.83. The van der Waals surface area contributed by atoms with Gasteiger partial charge in [-0.3, -0.25) is 0 Å². The predicted molar refractivity (Wildman–Crippen MR) is 110 cm³/mol. The van der Waals surface area contributed by atoms with E-state index in [1.165, 1.54) is 19.2 Å². The van der Waals surface area contributed by atoms with Crippen LogP contribution in [0.15, 0.2) is 34.5 Å². The summed E-state index contributed by atoms with van der Waals surface area (Å²) in [5.74, 6) is 1.06. The number of rotatable bonds is 9. The fourth-order valence-corrected chi connectivity index (χ4v) is 2.88. The second-order valence-corrected chi connectivity index (χ2v) is 5.91. The second kappa shape index (κ2) is 10.6. The van der Waals surface area contributed by atoms with E-state index < -0.39 is 0 Å². The van der Waals surface area contributed by atoms with Crippen molar-refractivity contribution in [2.45, 2.75) is 13.8 Å². The van der Waals surface area contributed by atoms with Gasteiger partial charge in [0.15, 0.2) is 0 Å². The van der Waals surface area contributed by atoms with Gasteiger partial charge < -0.3 is 14.4 Å². The molecule has 0 spiro atoms. The van der Waals surface area contributed by atoms with Crippen LogP contribution in [0.1, 0.15) is 25.0 Å². The summed E-state index contributed by atoms with van der Waals surface area (Å²) >= 11 is 0. The lowest BCUT2D eigenvalue weighted by Crippen LogP contribution is -2.22. The number of ether oxygens (including phenoxy) is 2. The molecule has 0 saturated carbocycles. The Morgan fingerprint density at radius 1 is 0.967 bits per heavy atom. The molecule has 0 amide bonds. The Bertz CT molecular complexity index is 971. The highest BCUT2D eigenvalue weighted by Crippen LogP contribution is 2.41. The Labute approximate surface area is 174 Å². The molecule has 2 rings (SSSR count). The van der Waals surface area contributed by atoms with Crippen molar-refractivity contribution in [3.05, 3.63) is 35.4 Å². The molecule has 0 aliphatic carbocycles. The van der Waals surface area contributed by atoms with Gasteiger partial charge in [-0.1, -0.05) is 0 Å². The molecule has 2 aromatic rings. The Morgan fingerprint density at radius 3 is 2.03 bits per heavy atom. The van der Waals surface area contributed by atoms with Gasteiger partial charge in [0, 0.05) is 25.2 Å². The van der Waals surface area contributed by atoms with Crippen molar-refractivity contribution in [1.29, 1.82) is 10.5 Å². The minimum atomic E-state index is 0.0723. The molecule has 2 aromatic carbocycles. The van der Waals surface area contributed by atoms with Crippen molar-refractivity contribution in [2.24, 2.45) is 10.2 Å². The first kappa shape index (κ1) is 22.4. The lowest BCUT2D eigenvalue weighted by molar-refractivity contribution is -0.215. The molecule has 0 radical (unpaired) electrons. The van der Waals surface area contributed by atoms with E-state index in [0.29, 0.717) is 17.2 Å². The number of nitrogens with one attached hydrogen (secondary N) is 1. The predicted octanol–water partition coefficient (Wildman–Crippen LogP) is 4.53. The number of benzene rings is 2. The molecule has 30 heavy (non-hydrogen) atoms. The molecule has 0 atom stereocenters. The number of hydrogen-bond acceptors (Lipinski definition) is 10. The van der Waals surface area contributed by atoms with Crippen LogP contribution < -0.4 is 19.9 Å². The normalized spacial score (nSPS) is 10.4. The monoisotopic (exact) mass is 410 g/mol. The topological polar surface area (TPSA) is 135 Å². The van der Waals surface area contributed by atoms with Crippen LogP contribution in [0.4, 0.5) is 22.7 Å². The molecule has 0 unspecified atom stereocenters. The van der Waals surface area contributed by atoms with E-state index in [-0.39, 0.29) is 22.5 Å². The van der Waals surface area contributed by atoms with E-state index in [4.69, 9.17) is 14.7 Å². The summed E-state index contributed by atoms with van der Waals surface area (Å²) in [4.78, 5) is 5.95. The quantitative estimate of drug-likeness (QED) is 0.350. The number of methoxy groups -OCH3 is 2. The van der Waals surface area contributed by atoms with Crippen molar-refractivity contribution in [3.8, 4) is 23.6 Å². The number of anilines is 2. The van der Waals surface area contributed by atoms with Crippen LogP contribution in [0.25, 0.3) is 0 Å². The first-order chi connectivity index (χ1) is 14.6. The maximum atomic E-state index is 9.42. The van der Waals surface area contributed by atoms with Crippen LogP contribution in [-0.2, 0) is 4.99 Å². The molecule has 0 fully saturated rings. The molecule has 0 aliphatic rings. The Kier molecular flexibility index (Phi) is 7.94. The first-order valence-electron chi connectivity index (χ1n) is 9.04. The Morgan fingerprint density at radius 2 is 1.57 bits per heavy atom. The molecule has 156 valence electrons. The van der Waals surface area contributed by atoms with Gasteiger partial charge in [0.2, 0.25) is 0 Å². The standard InChI is InChI=1S/C20H22N6O4/c1-5-26(6-2)17-10-18(28-3)16(9-19(17)29-4)23-24-20-13(11-21)7-15(25-30-27)8-14(20)12-22/h7-10,25,27H,5-6H2,1-4H3. The highest BCUT2D eigenvalue weighted by atomic mass is 17.2. The molecule has 0 saturated heterocycles. The van der Waals surface area contributed by atoms with Gasteiger partial charge >= 0.3 is 0 Å². The fraction of sp³-hybridized carbons (Fsp3) is 0.300. The lowest BCUT2D eigenvalue weighted by Gasteiger charge is -2.24.